The summed E-state index contributed by atoms with van der Waals surface area (Å²) in [6.45, 7) is 5.47. The maximum atomic E-state index is 14.5. The van der Waals surface area contributed by atoms with Crippen LogP contribution in [0.1, 0.15) is 34.6 Å². The lowest BCUT2D eigenvalue weighted by Crippen LogP contribution is -2.30. The molecule has 0 aliphatic carbocycles. The van der Waals surface area contributed by atoms with Crippen LogP contribution in [0.3, 0.4) is 0 Å². The van der Waals surface area contributed by atoms with Crippen LogP contribution in [0.15, 0.2) is 36.4 Å². The zero-order valence-electron chi connectivity index (χ0n) is 17.7. The second-order valence-corrected chi connectivity index (χ2v) is 7.75. The average molecular weight is 432 g/mol. The van der Waals surface area contributed by atoms with Gasteiger partial charge >= 0.3 is 0 Å². The van der Waals surface area contributed by atoms with E-state index in [9.17, 15) is 9.18 Å². The van der Waals surface area contributed by atoms with Crippen LogP contribution in [-0.4, -0.2) is 38.2 Å². The van der Waals surface area contributed by atoms with Crippen LogP contribution in [-0.2, 0) is 17.9 Å². The van der Waals surface area contributed by atoms with Crippen LogP contribution in [0.5, 0.6) is 11.5 Å². The summed E-state index contributed by atoms with van der Waals surface area (Å²) in [5.41, 5.74) is 1.52. The predicted octanol–water partition coefficient (Wildman–Crippen LogP) is 5.26. The third kappa shape index (κ3) is 4.42. The standard InChI is InChI=1S/C23H26FNO4S/c1-5-25(13-15-10-11-18(29-6-2)19(12-15)28-4)23(26)22-16(14-27-3)21-17(24)8-7-9-20(21)30-22/h7-12H,5-6,13-14H2,1-4H3. The summed E-state index contributed by atoms with van der Waals surface area (Å²) in [5.74, 6) is 0.814. The molecule has 0 saturated carbocycles. The van der Waals surface area contributed by atoms with Crippen molar-refractivity contribution in [2.24, 2.45) is 0 Å². The van der Waals surface area contributed by atoms with Crippen molar-refractivity contribution < 1.29 is 23.4 Å². The highest BCUT2D eigenvalue weighted by atomic mass is 32.1. The van der Waals surface area contributed by atoms with Gasteiger partial charge in [-0.2, -0.15) is 0 Å². The fourth-order valence-electron chi connectivity index (χ4n) is 3.40. The minimum Gasteiger partial charge on any atom is -0.493 e. The van der Waals surface area contributed by atoms with E-state index < -0.39 is 0 Å². The van der Waals surface area contributed by atoms with E-state index in [0.717, 1.165) is 10.3 Å². The summed E-state index contributed by atoms with van der Waals surface area (Å²) in [6, 6.07) is 10.5. The SMILES string of the molecule is CCOc1ccc(CN(CC)C(=O)c2sc3cccc(F)c3c2COC)cc1OC. The van der Waals surface area contributed by atoms with E-state index in [2.05, 4.69) is 0 Å². The Hall–Kier alpha value is -2.64. The Bertz CT molecular complexity index is 1030. The van der Waals surface area contributed by atoms with Crippen molar-refractivity contribution in [1.29, 1.82) is 0 Å². The Morgan fingerprint density at radius 3 is 2.60 bits per heavy atom. The van der Waals surface area contributed by atoms with Crippen LogP contribution in [0, 0.1) is 5.82 Å². The Labute approximate surface area is 180 Å². The lowest BCUT2D eigenvalue weighted by atomic mass is 10.1. The van der Waals surface area contributed by atoms with Crippen molar-refractivity contribution in [1.82, 2.24) is 4.90 Å². The van der Waals surface area contributed by atoms with Crippen molar-refractivity contribution in [2.75, 3.05) is 27.4 Å². The van der Waals surface area contributed by atoms with Gasteiger partial charge in [0, 0.05) is 35.8 Å². The molecule has 3 rings (SSSR count). The van der Waals surface area contributed by atoms with E-state index in [1.807, 2.05) is 38.1 Å². The molecule has 0 aliphatic rings. The first-order valence-electron chi connectivity index (χ1n) is 9.81. The third-order valence-electron chi connectivity index (χ3n) is 4.82. The molecule has 1 amide bonds. The van der Waals surface area contributed by atoms with E-state index in [-0.39, 0.29) is 18.3 Å². The smallest absolute Gasteiger partial charge is 0.264 e. The number of fused-ring (bicyclic) bond motifs is 1. The number of carbonyl (C=O) groups is 1. The molecular formula is C23H26FNO4S. The van der Waals surface area contributed by atoms with Gasteiger partial charge in [-0.1, -0.05) is 12.1 Å². The number of amides is 1. The van der Waals surface area contributed by atoms with Crippen molar-refractivity contribution in [3.8, 4) is 11.5 Å². The second-order valence-electron chi connectivity index (χ2n) is 6.69. The molecule has 0 spiro atoms. The topological polar surface area (TPSA) is 48.0 Å². The summed E-state index contributed by atoms with van der Waals surface area (Å²) >= 11 is 1.30. The van der Waals surface area contributed by atoms with Gasteiger partial charge in [0.2, 0.25) is 0 Å². The maximum Gasteiger partial charge on any atom is 0.264 e. The zero-order chi connectivity index (χ0) is 21.7. The molecule has 0 unspecified atom stereocenters. The van der Waals surface area contributed by atoms with Gasteiger partial charge in [-0.25, -0.2) is 4.39 Å². The number of carbonyl (C=O) groups excluding carboxylic acids is 1. The number of nitrogens with zero attached hydrogens (tertiary/aromatic N) is 1. The molecule has 160 valence electrons. The van der Waals surface area contributed by atoms with E-state index >= 15 is 0 Å². The molecule has 0 atom stereocenters. The largest absolute Gasteiger partial charge is 0.493 e. The molecule has 0 saturated heterocycles. The quantitative estimate of drug-likeness (QED) is 0.464. The van der Waals surface area contributed by atoms with Crippen LogP contribution < -0.4 is 9.47 Å². The number of thiophene rings is 1. The number of methoxy groups -OCH3 is 2. The van der Waals surface area contributed by atoms with Gasteiger partial charge in [-0.05, 0) is 43.7 Å². The number of hydrogen-bond donors (Lipinski definition) is 0. The van der Waals surface area contributed by atoms with Gasteiger partial charge in [0.1, 0.15) is 5.82 Å². The van der Waals surface area contributed by atoms with Gasteiger partial charge in [-0.3, -0.25) is 4.79 Å². The Morgan fingerprint density at radius 1 is 1.13 bits per heavy atom. The van der Waals surface area contributed by atoms with E-state index in [1.54, 1.807) is 25.2 Å². The van der Waals surface area contributed by atoms with Gasteiger partial charge in [0.15, 0.2) is 11.5 Å². The number of hydrogen-bond acceptors (Lipinski definition) is 5. The van der Waals surface area contributed by atoms with Crippen molar-refractivity contribution in [3.63, 3.8) is 0 Å². The number of halogens is 1. The first-order chi connectivity index (χ1) is 14.5. The summed E-state index contributed by atoms with van der Waals surface area (Å²) in [7, 11) is 3.13. The first-order valence-corrected chi connectivity index (χ1v) is 10.6. The normalized spacial score (nSPS) is 11.0. The van der Waals surface area contributed by atoms with Gasteiger partial charge in [0.05, 0.1) is 25.2 Å². The fraction of sp³-hybridized carbons (Fsp3) is 0.348. The summed E-state index contributed by atoms with van der Waals surface area (Å²) in [6.07, 6.45) is 0. The molecule has 2 aromatic carbocycles. The highest BCUT2D eigenvalue weighted by Crippen LogP contribution is 2.35. The Balaban J connectivity index is 1.93. The fourth-order valence-corrected chi connectivity index (χ4v) is 4.59. The van der Waals surface area contributed by atoms with Crippen LogP contribution in [0.4, 0.5) is 4.39 Å². The molecule has 0 fully saturated rings. The number of ether oxygens (including phenoxy) is 3. The molecule has 0 bridgehead atoms. The van der Waals surface area contributed by atoms with Gasteiger partial charge in [0.25, 0.3) is 5.91 Å². The molecule has 3 aromatic rings. The third-order valence-corrected chi connectivity index (χ3v) is 6.00. The first kappa shape index (κ1) is 22.1. The highest BCUT2D eigenvalue weighted by molar-refractivity contribution is 7.21. The summed E-state index contributed by atoms with van der Waals surface area (Å²) in [5, 5.41) is 0.464. The summed E-state index contributed by atoms with van der Waals surface area (Å²) < 4.78 is 31.5. The zero-order valence-corrected chi connectivity index (χ0v) is 18.5. The molecule has 5 nitrogen and oxygen atoms in total. The molecular weight excluding hydrogens is 405 g/mol. The molecule has 0 radical (unpaired) electrons. The molecule has 30 heavy (non-hydrogen) atoms. The molecule has 7 heteroatoms. The molecule has 1 heterocycles. The van der Waals surface area contributed by atoms with Crippen molar-refractivity contribution in [2.45, 2.75) is 27.0 Å². The highest BCUT2D eigenvalue weighted by Gasteiger charge is 2.24. The minimum absolute atomic E-state index is 0.141. The monoisotopic (exact) mass is 431 g/mol. The lowest BCUT2D eigenvalue weighted by Gasteiger charge is -2.22. The van der Waals surface area contributed by atoms with E-state index in [0.29, 0.717) is 47.0 Å². The van der Waals surface area contributed by atoms with Gasteiger partial charge in [-0.15, -0.1) is 11.3 Å². The maximum absolute atomic E-state index is 14.5. The minimum atomic E-state index is -0.339. The van der Waals surface area contributed by atoms with Crippen LogP contribution >= 0.6 is 11.3 Å². The van der Waals surface area contributed by atoms with Gasteiger partial charge < -0.3 is 19.1 Å². The van der Waals surface area contributed by atoms with Crippen molar-refractivity contribution >= 4 is 27.3 Å². The number of benzene rings is 2. The van der Waals surface area contributed by atoms with Crippen molar-refractivity contribution in [3.05, 3.63) is 58.2 Å². The Morgan fingerprint density at radius 2 is 1.93 bits per heavy atom. The average Bonchev–Trinajstić information content (AvgIpc) is 3.12. The predicted molar refractivity (Wildman–Crippen MR) is 117 cm³/mol. The second kappa shape index (κ2) is 9.91. The number of rotatable bonds is 9. The Kier molecular flexibility index (Phi) is 7.29. The van der Waals surface area contributed by atoms with Crippen LogP contribution in [0.25, 0.3) is 10.1 Å². The molecule has 0 N–H and O–H groups in total. The van der Waals surface area contributed by atoms with E-state index in [1.165, 1.54) is 17.4 Å². The molecule has 0 aliphatic heterocycles. The van der Waals surface area contributed by atoms with E-state index in [4.69, 9.17) is 14.2 Å². The molecule has 1 aromatic heterocycles. The van der Waals surface area contributed by atoms with Crippen LogP contribution in [0.2, 0.25) is 0 Å². The summed E-state index contributed by atoms with van der Waals surface area (Å²) in [4.78, 5) is 15.6. The lowest BCUT2D eigenvalue weighted by molar-refractivity contribution is 0.0753.